The van der Waals surface area contributed by atoms with E-state index >= 15 is 0 Å². The van der Waals surface area contributed by atoms with Gasteiger partial charge >= 0.3 is 0 Å². The van der Waals surface area contributed by atoms with Crippen molar-refractivity contribution in [2.45, 2.75) is 50.0 Å². The van der Waals surface area contributed by atoms with Crippen LogP contribution in [0.5, 0.6) is 0 Å². The lowest BCUT2D eigenvalue weighted by molar-refractivity contribution is 0.196. The molecule has 2 fully saturated rings. The molecule has 1 heterocycles. The van der Waals surface area contributed by atoms with Gasteiger partial charge in [0.2, 0.25) is 0 Å². The molecule has 2 nitrogen and oxygen atoms in total. The second-order valence-corrected chi connectivity index (χ2v) is 6.55. The summed E-state index contributed by atoms with van der Waals surface area (Å²) in [7, 11) is 0. The van der Waals surface area contributed by atoms with Crippen LogP contribution < -0.4 is 5.73 Å². The zero-order chi connectivity index (χ0) is 13.1. The van der Waals surface area contributed by atoms with Crippen molar-refractivity contribution < 1.29 is 0 Å². The number of hydrogen-bond acceptors (Lipinski definition) is 2. The van der Waals surface area contributed by atoms with Gasteiger partial charge in [-0.1, -0.05) is 49.6 Å². The summed E-state index contributed by atoms with van der Waals surface area (Å²) >= 11 is 0. The first-order valence-corrected chi connectivity index (χ1v) is 7.81. The molecular formula is C17H26N2. The molecule has 104 valence electrons. The van der Waals surface area contributed by atoms with Crippen LogP contribution in [0.15, 0.2) is 30.3 Å². The number of likely N-dealkylation sites (tertiary alicyclic amines) is 1. The Bertz CT molecular complexity index is 395. The molecule has 1 unspecified atom stereocenters. The molecule has 0 bridgehead atoms. The summed E-state index contributed by atoms with van der Waals surface area (Å²) in [4.78, 5) is 2.60. The summed E-state index contributed by atoms with van der Waals surface area (Å²) in [6, 6.07) is 11.0. The molecule has 1 aromatic carbocycles. The summed E-state index contributed by atoms with van der Waals surface area (Å²) in [6.45, 7) is 3.53. The molecule has 0 radical (unpaired) electrons. The SMILES string of the molecule is NC1(CN2CCC(c3ccccc3)C2)CCCCC1. The third-order valence-electron chi connectivity index (χ3n) is 4.93. The molecule has 0 spiro atoms. The number of benzene rings is 1. The van der Waals surface area contributed by atoms with Crippen molar-refractivity contribution in [3.8, 4) is 0 Å². The highest BCUT2D eigenvalue weighted by atomic mass is 15.2. The normalized spacial score (nSPS) is 27.5. The quantitative estimate of drug-likeness (QED) is 0.902. The van der Waals surface area contributed by atoms with Crippen molar-refractivity contribution in [2.75, 3.05) is 19.6 Å². The van der Waals surface area contributed by atoms with E-state index in [4.69, 9.17) is 5.73 Å². The standard InChI is InChI=1S/C17H26N2/c18-17(10-5-2-6-11-17)14-19-12-9-16(13-19)15-7-3-1-4-8-15/h1,3-4,7-8,16H,2,5-6,9-14,18H2. The molecule has 1 aliphatic carbocycles. The molecule has 1 aliphatic heterocycles. The van der Waals surface area contributed by atoms with Gasteiger partial charge in [-0.3, -0.25) is 0 Å². The van der Waals surface area contributed by atoms with Gasteiger partial charge in [0.25, 0.3) is 0 Å². The predicted molar refractivity (Wildman–Crippen MR) is 80.2 cm³/mol. The van der Waals surface area contributed by atoms with E-state index in [0.717, 1.165) is 6.54 Å². The maximum absolute atomic E-state index is 6.58. The molecule has 2 heteroatoms. The van der Waals surface area contributed by atoms with E-state index in [1.807, 2.05) is 0 Å². The number of rotatable bonds is 3. The van der Waals surface area contributed by atoms with Crippen molar-refractivity contribution in [1.82, 2.24) is 4.90 Å². The van der Waals surface area contributed by atoms with Crippen LogP contribution >= 0.6 is 0 Å². The van der Waals surface area contributed by atoms with Crippen LogP contribution in [-0.4, -0.2) is 30.1 Å². The van der Waals surface area contributed by atoms with Crippen molar-refractivity contribution in [3.63, 3.8) is 0 Å². The fourth-order valence-corrected chi connectivity index (χ4v) is 3.83. The van der Waals surface area contributed by atoms with Crippen LogP contribution in [0.1, 0.15) is 50.0 Å². The molecular weight excluding hydrogens is 232 g/mol. The Morgan fingerprint density at radius 2 is 1.84 bits per heavy atom. The van der Waals surface area contributed by atoms with Gasteiger partial charge in [-0.2, -0.15) is 0 Å². The van der Waals surface area contributed by atoms with E-state index in [9.17, 15) is 0 Å². The lowest BCUT2D eigenvalue weighted by Gasteiger charge is -2.36. The minimum Gasteiger partial charge on any atom is -0.324 e. The van der Waals surface area contributed by atoms with Crippen LogP contribution in [0.2, 0.25) is 0 Å². The molecule has 3 rings (SSSR count). The largest absolute Gasteiger partial charge is 0.324 e. The Balaban J connectivity index is 1.57. The molecule has 0 amide bonds. The van der Waals surface area contributed by atoms with Crippen LogP contribution in [0.4, 0.5) is 0 Å². The van der Waals surface area contributed by atoms with Gasteiger partial charge in [0.1, 0.15) is 0 Å². The van der Waals surface area contributed by atoms with Crippen molar-refractivity contribution >= 4 is 0 Å². The highest BCUT2D eigenvalue weighted by Crippen LogP contribution is 2.31. The van der Waals surface area contributed by atoms with Gasteiger partial charge in [0.05, 0.1) is 0 Å². The summed E-state index contributed by atoms with van der Waals surface area (Å²) in [5.74, 6) is 0.716. The lowest BCUT2D eigenvalue weighted by atomic mass is 9.82. The minimum atomic E-state index is 0.101. The van der Waals surface area contributed by atoms with E-state index in [-0.39, 0.29) is 5.54 Å². The molecule has 2 aliphatic rings. The third-order valence-corrected chi connectivity index (χ3v) is 4.93. The van der Waals surface area contributed by atoms with Crippen LogP contribution in [0, 0.1) is 0 Å². The van der Waals surface area contributed by atoms with Gasteiger partial charge in [0, 0.05) is 18.6 Å². The average Bonchev–Trinajstić information content (AvgIpc) is 2.88. The molecule has 19 heavy (non-hydrogen) atoms. The zero-order valence-corrected chi connectivity index (χ0v) is 11.9. The Labute approximate surface area is 117 Å². The Morgan fingerprint density at radius 1 is 1.11 bits per heavy atom. The number of hydrogen-bond donors (Lipinski definition) is 1. The average molecular weight is 258 g/mol. The zero-order valence-electron chi connectivity index (χ0n) is 11.9. The van der Waals surface area contributed by atoms with Gasteiger partial charge < -0.3 is 10.6 Å². The third kappa shape index (κ3) is 3.18. The Hall–Kier alpha value is -0.860. The second-order valence-electron chi connectivity index (χ2n) is 6.55. The van der Waals surface area contributed by atoms with E-state index in [0.29, 0.717) is 5.92 Å². The first kappa shape index (κ1) is 13.1. The van der Waals surface area contributed by atoms with Crippen LogP contribution in [-0.2, 0) is 0 Å². The number of nitrogens with zero attached hydrogens (tertiary/aromatic N) is 1. The highest BCUT2D eigenvalue weighted by molar-refractivity contribution is 5.21. The van der Waals surface area contributed by atoms with Gasteiger partial charge in [-0.05, 0) is 37.3 Å². The second kappa shape index (κ2) is 5.64. The first-order valence-electron chi connectivity index (χ1n) is 7.81. The molecule has 2 N–H and O–H groups in total. The Morgan fingerprint density at radius 3 is 2.58 bits per heavy atom. The van der Waals surface area contributed by atoms with Gasteiger partial charge in [0.15, 0.2) is 0 Å². The van der Waals surface area contributed by atoms with E-state index in [1.165, 1.54) is 57.2 Å². The van der Waals surface area contributed by atoms with Crippen molar-refractivity contribution in [1.29, 1.82) is 0 Å². The van der Waals surface area contributed by atoms with E-state index in [1.54, 1.807) is 0 Å². The first-order chi connectivity index (χ1) is 9.25. The molecule has 1 saturated carbocycles. The van der Waals surface area contributed by atoms with Crippen molar-refractivity contribution in [2.24, 2.45) is 5.73 Å². The van der Waals surface area contributed by atoms with E-state index in [2.05, 4.69) is 35.2 Å². The molecule has 1 atom stereocenters. The maximum atomic E-state index is 6.58. The monoisotopic (exact) mass is 258 g/mol. The maximum Gasteiger partial charge on any atom is 0.0283 e. The van der Waals surface area contributed by atoms with Gasteiger partial charge in [-0.25, -0.2) is 0 Å². The van der Waals surface area contributed by atoms with Crippen LogP contribution in [0.25, 0.3) is 0 Å². The molecule has 1 saturated heterocycles. The smallest absolute Gasteiger partial charge is 0.0283 e. The fraction of sp³-hybridized carbons (Fsp3) is 0.647. The minimum absolute atomic E-state index is 0.101. The number of nitrogens with two attached hydrogens (primary N) is 1. The summed E-state index contributed by atoms with van der Waals surface area (Å²) in [5.41, 5.74) is 8.18. The fourth-order valence-electron chi connectivity index (χ4n) is 3.83. The van der Waals surface area contributed by atoms with Crippen molar-refractivity contribution in [3.05, 3.63) is 35.9 Å². The van der Waals surface area contributed by atoms with Gasteiger partial charge in [-0.15, -0.1) is 0 Å². The van der Waals surface area contributed by atoms with Crippen LogP contribution in [0.3, 0.4) is 0 Å². The topological polar surface area (TPSA) is 29.3 Å². The summed E-state index contributed by atoms with van der Waals surface area (Å²) in [5, 5.41) is 0. The predicted octanol–water partition coefficient (Wildman–Crippen LogP) is 3.14. The van der Waals surface area contributed by atoms with E-state index < -0.39 is 0 Å². The molecule has 1 aromatic rings. The lowest BCUT2D eigenvalue weighted by Crippen LogP contribution is -2.50. The summed E-state index contributed by atoms with van der Waals surface area (Å²) in [6.07, 6.45) is 7.77. The Kier molecular flexibility index (Phi) is 3.90. The summed E-state index contributed by atoms with van der Waals surface area (Å²) < 4.78 is 0. The highest BCUT2D eigenvalue weighted by Gasteiger charge is 2.33. The molecule has 0 aromatic heterocycles.